The van der Waals surface area contributed by atoms with Crippen molar-refractivity contribution in [2.75, 3.05) is 42.5 Å². The van der Waals surface area contributed by atoms with Crippen LogP contribution in [0.3, 0.4) is 0 Å². The maximum Gasteiger partial charge on any atom is 0.315 e. The van der Waals surface area contributed by atoms with Crippen molar-refractivity contribution in [1.29, 1.82) is 0 Å². The molecule has 0 amide bonds. The summed E-state index contributed by atoms with van der Waals surface area (Å²) in [7, 11) is 8.92. The molecule has 10 heteroatoms. The molecule has 42 heavy (non-hydrogen) atoms. The highest BCUT2D eigenvalue weighted by Gasteiger charge is 3.05. The number of hydrogen-bond acceptors (Lipinski definition) is 10. The van der Waals surface area contributed by atoms with Crippen molar-refractivity contribution < 1.29 is 38.1 Å². The molecule has 0 N–H and O–H groups in total. The lowest BCUT2D eigenvalue weighted by Crippen LogP contribution is -3.09. The Morgan fingerprint density at radius 3 is 0.952 bits per heavy atom. The van der Waals surface area contributed by atoms with Crippen LogP contribution in [0.4, 0.5) is 0 Å². The largest absolute Gasteiger partial charge is 0.468 e. The molecule has 220 valence electrons. The fraction of sp³-hybridized carbons (Fsp3) is 0.500. The van der Waals surface area contributed by atoms with E-state index >= 15 is 0 Å². The Hall–Kier alpha value is -3.76. The van der Waals surface area contributed by atoms with Crippen LogP contribution in [0.1, 0.15) is 23.0 Å². The smallest absolute Gasteiger partial charge is 0.315 e. The molecule has 2 aliphatic carbocycles. The van der Waals surface area contributed by atoms with E-state index in [-0.39, 0.29) is 0 Å². The molecule has 0 unspecified atom stereocenters. The molecule has 6 fully saturated rings. The number of carbonyl (C=O) groups excluding carboxylic acids is 4. The van der Waals surface area contributed by atoms with Crippen molar-refractivity contribution in [3.8, 4) is 0 Å². The number of nitrogens with zero attached hydrogens (tertiary/aromatic N) is 2. The van der Waals surface area contributed by atoms with Crippen LogP contribution in [0.25, 0.3) is 0 Å². The SMILES string of the molecule is COC(=O)C12C(c3ccccc3)C3(C(=O)OC)C4N(C)C1C1(C(=O)OC)C(c5ccccc5)C4(C(=O)OC)C3N(C)C21. The third-order valence-corrected chi connectivity index (χ3v) is 11.6. The van der Waals surface area contributed by atoms with Gasteiger partial charge in [-0.2, -0.15) is 0 Å². The predicted octanol–water partition coefficient (Wildman–Crippen LogP) is 1.60. The zero-order valence-corrected chi connectivity index (χ0v) is 24.4. The van der Waals surface area contributed by atoms with Crippen LogP contribution in [0, 0.1) is 21.7 Å². The summed E-state index contributed by atoms with van der Waals surface area (Å²) < 4.78 is 22.4. The number of ether oxygens (including phenoxy) is 4. The minimum atomic E-state index is -1.37. The highest BCUT2D eigenvalue weighted by atomic mass is 16.5. The van der Waals surface area contributed by atoms with Crippen molar-refractivity contribution in [1.82, 2.24) is 9.80 Å². The number of benzene rings is 2. The molecule has 8 rings (SSSR count). The van der Waals surface area contributed by atoms with E-state index in [0.29, 0.717) is 0 Å². The minimum absolute atomic E-state index is 0.519. The Balaban J connectivity index is 1.68. The van der Waals surface area contributed by atoms with Crippen molar-refractivity contribution in [2.24, 2.45) is 21.7 Å². The van der Waals surface area contributed by atoms with Crippen molar-refractivity contribution in [3.05, 3.63) is 71.8 Å². The summed E-state index contributed by atoms with van der Waals surface area (Å²) in [5.41, 5.74) is -3.99. The van der Waals surface area contributed by atoms with Gasteiger partial charge in [0.2, 0.25) is 0 Å². The fourth-order valence-corrected chi connectivity index (χ4v) is 11.5. The molecular formula is C32H34N2O8. The van der Waals surface area contributed by atoms with Crippen LogP contribution >= 0.6 is 0 Å². The molecule has 10 nitrogen and oxygen atoms in total. The van der Waals surface area contributed by atoms with Gasteiger partial charge in [-0.3, -0.25) is 29.0 Å². The molecule has 0 radical (unpaired) electrons. The monoisotopic (exact) mass is 574 g/mol. The van der Waals surface area contributed by atoms with E-state index in [1.165, 1.54) is 28.4 Å². The van der Waals surface area contributed by atoms with E-state index < -0.39 is 81.5 Å². The van der Waals surface area contributed by atoms with E-state index in [0.717, 1.165) is 11.1 Å². The second-order valence-corrected chi connectivity index (χ2v) is 12.3. The quantitative estimate of drug-likeness (QED) is 0.373. The highest BCUT2D eigenvalue weighted by Crippen LogP contribution is 2.92. The van der Waals surface area contributed by atoms with Gasteiger partial charge in [0.15, 0.2) is 0 Å². The normalized spacial score (nSPS) is 42.1. The third-order valence-electron chi connectivity index (χ3n) is 11.6. The van der Waals surface area contributed by atoms with E-state index in [2.05, 4.69) is 0 Å². The summed E-state index contributed by atoms with van der Waals surface area (Å²) in [6.45, 7) is 0. The van der Waals surface area contributed by atoms with Crippen LogP contribution < -0.4 is 0 Å². The van der Waals surface area contributed by atoms with Gasteiger partial charge in [0.25, 0.3) is 0 Å². The van der Waals surface area contributed by atoms with Gasteiger partial charge in [-0.05, 0) is 25.2 Å². The summed E-state index contributed by atoms with van der Waals surface area (Å²) in [6, 6.07) is 15.7. The van der Waals surface area contributed by atoms with Crippen LogP contribution in [0.2, 0.25) is 0 Å². The molecular weight excluding hydrogens is 540 g/mol. The number of hydrogen-bond donors (Lipinski definition) is 0. The molecule has 2 aromatic rings. The first kappa shape index (κ1) is 27.1. The summed E-state index contributed by atoms with van der Waals surface area (Å²) in [5.74, 6) is -3.59. The van der Waals surface area contributed by atoms with Gasteiger partial charge in [0, 0.05) is 36.0 Å². The molecule has 0 aromatic heterocycles. The van der Waals surface area contributed by atoms with Gasteiger partial charge in [-0.1, -0.05) is 60.7 Å². The van der Waals surface area contributed by atoms with Crippen LogP contribution in [0.15, 0.2) is 60.7 Å². The Bertz CT molecular complexity index is 1310. The number of rotatable bonds is 6. The van der Waals surface area contributed by atoms with Crippen molar-refractivity contribution in [3.63, 3.8) is 0 Å². The van der Waals surface area contributed by atoms with Gasteiger partial charge in [-0.25, -0.2) is 0 Å². The number of esters is 4. The van der Waals surface area contributed by atoms with Gasteiger partial charge in [-0.15, -0.1) is 0 Å². The average Bonchev–Trinajstić information content (AvgIpc) is 2.99. The van der Waals surface area contributed by atoms with Gasteiger partial charge < -0.3 is 18.9 Å². The number of piperidine rings is 4. The molecule has 8 bridgehead atoms. The molecule has 0 atom stereocenters. The summed E-state index contributed by atoms with van der Waals surface area (Å²) in [4.78, 5) is 61.6. The Morgan fingerprint density at radius 1 is 0.500 bits per heavy atom. The Morgan fingerprint density at radius 2 is 0.738 bits per heavy atom. The molecule has 0 spiro atoms. The number of carbonyl (C=O) groups is 4. The lowest BCUT2D eigenvalue weighted by Gasteiger charge is -2.94. The average molecular weight is 575 g/mol. The second-order valence-electron chi connectivity index (χ2n) is 12.3. The molecule has 4 aliphatic heterocycles. The lowest BCUT2D eigenvalue weighted by molar-refractivity contribution is -0.438. The van der Waals surface area contributed by atoms with Crippen LogP contribution in [-0.4, -0.2) is 100 Å². The Labute approximate surface area is 243 Å². The van der Waals surface area contributed by atoms with Gasteiger partial charge in [0.05, 0.1) is 28.4 Å². The number of methoxy groups -OCH3 is 4. The summed E-state index contributed by atoms with van der Waals surface area (Å²) in [6.07, 6.45) is 0. The Kier molecular flexibility index (Phi) is 5.43. The molecule has 6 aliphatic rings. The first-order valence-corrected chi connectivity index (χ1v) is 14.1. The van der Waals surface area contributed by atoms with E-state index in [4.69, 9.17) is 18.9 Å². The minimum Gasteiger partial charge on any atom is -0.468 e. The molecule has 2 aromatic carbocycles. The van der Waals surface area contributed by atoms with Crippen LogP contribution in [0.5, 0.6) is 0 Å². The zero-order chi connectivity index (χ0) is 30.0. The molecule has 4 heterocycles. The van der Waals surface area contributed by atoms with Crippen molar-refractivity contribution in [2.45, 2.75) is 36.0 Å². The zero-order valence-electron chi connectivity index (χ0n) is 24.4. The van der Waals surface area contributed by atoms with E-state index in [1.54, 1.807) is 14.1 Å². The summed E-state index contributed by atoms with van der Waals surface area (Å²) >= 11 is 0. The topological polar surface area (TPSA) is 112 Å². The summed E-state index contributed by atoms with van der Waals surface area (Å²) in [5, 5.41) is 0. The maximum absolute atomic E-state index is 14.4. The molecule has 4 saturated heterocycles. The highest BCUT2D eigenvalue weighted by molar-refractivity contribution is 6.02. The van der Waals surface area contributed by atoms with Crippen molar-refractivity contribution >= 4 is 23.9 Å². The maximum atomic E-state index is 14.4. The van der Waals surface area contributed by atoms with E-state index in [1.807, 2.05) is 70.5 Å². The fourth-order valence-electron chi connectivity index (χ4n) is 11.5. The second kappa shape index (κ2) is 8.41. The van der Waals surface area contributed by atoms with Crippen LogP contribution in [-0.2, 0) is 38.1 Å². The lowest BCUT2D eigenvalue weighted by atomic mass is 9.15. The third kappa shape index (κ3) is 2.29. The van der Waals surface area contributed by atoms with Gasteiger partial charge >= 0.3 is 23.9 Å². The standard InChI is InChI=1S/C32H34N2O8/c1-33-21-29(25(35)39-3)19(17-13-9-7-10-14-17)30(26(36)40-4)22(33)32(28(38)42-6)20(18-15-11-8-12-16-18)31(21,27(37)41-5)23(29)34(2)24(30)32/h7-16,19-24H,1-6H3. The van der Waals surface area contributed by atoms with Gasteiger partial charge in [0.1, 0.15) is 21.7 Å². The molecule has 2 saturated carbocycles. The van der Waals surface area contributed by atoms with E-state index in [9.17, 15) is 19.2 Å². The first-order valence-electron chi connectivity index (χ1n) is 14.1. The predicted molar refractivity (Wildman–Crippen MR) is 147 cm³/mol. The first-order chi connectivity index (χ1) is 20.2.